The summed E-state index contributed by atoms with van der Waals surface area (Å²) < 4.78 is 0. The lowest BCUT2D eigenvalue weighted by Gasteiger charge is -2.19. The third-order valence-electron chi connectivity index (χ3n) is 4.79. The Morgan fingerprint density at radius 1 is 1.08 bits per heavy atom. The molecule has 1 fully saturated rings. The molecule has 0 spiro atoms. The van der Waals surface area contributed by atoms with E-state index in [1.165, 1.54) is 18.4 Å². The Morgan fingerprint density at radius 3 is 2.35 bits per heavy atom. The molecule has 2 N–H and O–H groups in total. The predicted molar refractivity (Wildman–Crippen MR) is 106 cm³/mol. The van der Waals surface area contributed by atoms with Crippen LogP contribution in [0.2, 0.25) is 0 Å². The number of carbonyl (C=O) groups is 1. The van der Waals surface area contributed by atoms with Crippen LogP contribution in [0.15, 0.2) is 30.3 Å². The van der Waals surface area contributed by atoms with Crippen molar-refractivity contribution in [3.63, 3.8) is 0 Å². The number of hydrogen-bond acceptors (Lipinski definition) is 4. The zero-order chi connectivity index (χ0) is 18.7. The van der Waals surface area contributed by atoms with Crippen LogP contribution < -0.4 is 10.6 Å². The summed E-state index contributed by atoms with van der Waals surface area (Å²) in [6.45, 7) is 8.32. The van der Waals surface area contributed by atoms with Gasteiger partial charge in [0, 0.05) is 17.8 Å². The molecule has 0 bridgehead atoms. The fourth-order valence-electron chi connectivity index (χ4n) is 3.29. The Hall–Kier alpha value is -2.43. The fourth-order valence-corrected chi connectivity index (χ4v) is 3.29. The van der Waals surface area contributed by atoms with E-state index in [0.29, 0.717) is 17.6 Å². The summed E-state index contributed by atoms with van der Waals surface area (Å²) in [5, 5.41) is 6.36. The number of carbonyl (C=O) groups excluding carboxylic acids is 1. The van der Waals surface area contributed by atoms with Crippen LogP contribution >= 0.6 is 0 Å². The summed E-state index contributed by atoms with van der Waals surface area (Å²) in [4.78, 5) is 21.3. The Kier molecular flexibility index (Phi) is 5.25. The highest BCUT2D eigenvalue weighted by Crippen LogP contribution is 2.24. The zero-order valence-corrected chi connectivity index (χ0v) is 16.1. The lowest BCUT2D eigenvalue weighted by atomic mass is 9.87. The van der Waals surface area contributed by atoms with E-state index < -0.39 is 0 Å². The summed E-state index contributed by atoms with van der Waals surface area (Å²) in [6.07, 6.45) is 4.81. The molecule has 1 aliphatic carbocycles. The van der Waals surface area contributed by atoms with Crippen LogP contribution in [0, 0.1) is 6.92 Å². The SMILES string of the molecule is Cc1nc(NC2CCCC2)cc(C(=O)Nc2ccc(C(C)(C)C)cc2)n1. The van der Waals surface area contributed by atoms with Gasteiger partial charge < -0.3 is 10.6 Å². The number of rotatable bonds is 4. The molecule has 3 rings (SSSR count). The first kappa shape index (κ1) is 18.4. The van der Waals surface area contributed by atoms with Gasteiger partial charge in [-0.05, 0) is 42.9 Å². The van der Waals surface area contributed by atoms with Crippen LogP contribution in [0.1, 0.15) is 68.3 Å². The number of nitrogens with zero attached hydrogens (tertiary/aromatic N) is 2. The third-order valence-corrected chi connectivity index (χ3v) is 4.79. The lowest BCUT2D eigenvalue weighted by Crippen LogP contribution is -2.19. The van der Waals surface area contributed by atoms with Crippen molar-refractivity contribution in [2.75, 3.05) is 10.6 Å². The lowest BCUT2D eigenvalue weighted by molar-refractivity contribution is 0.102. The van der Waals surface area contributed by atoms with Crippen LogP contribution in [0.25, 0.3) is 0 Å². The molecule has 1 saturated carbocycles. The number of benzene rings is 1. The number of nitrogens with one attached hydrogen (secondary N) is 2. The van der Waals surface area contributed by atoms with Gasteiger partial charge in [0.1, 0.15) is 17.3 Å². The standard InChI is InChI=1S/C21H28N4O/c1-14-22-18(13-19(23-14)24-16-7-5-6-8-16)20(26)25-17-11-9-15(10-12-17)21(2,3)4/h9-13,16H,5-8H2,1-4H3,(H,25,26)(H,22,23,24). The van der Waals surface area contributed by atoms with Crippen molar-refractivity contribution >= 4 is 17.4 Å². The van der Waals surface area contributed by atoms with Gasteiger partial charge in [-0.15, -0.1) is 0 Å². The van der Waals surface area contributed by atoms with Gasteiger partial charge in [-0.3, -0.25) is 4.79 Å². The first-order valence-electron chi connectivity index (χ1n) is 9.35. The maximum Gasteiger partial charge on any atom is 0.274 e. The van der Waals surface area contributed by atoms with Gasteiger partial charge in [0.15, 0.2) is 0 Å². The Morgan fingerprint density at radius 2 is 1.73 bits per heavy atom. The van der Waals surface area contributed by atoms with Crippen molar-refractivity contribution in [2.45, 2.75) is 64.8 Å². The number of aryl methyl sites for hydroxylation is 1. The smallest absolute Gasteiger partial charge is 0.274 e. The first-order chi connectivity index (χ1) is 12.3. The van der Waals surface area contributed by atoms with Crippen LogP contribution in [0.3, 0.4) is 0 Å². The normalized spacial score (nSPS) is 15.1. The number of hydrogen-bond donors (Lipinski definition) is 2. The molecule has 5 heteroatoms. The Labute approximate surface area is 155 Å². The molecule has 1 aromatic heterocycles. The minimum Gasteiger partial charge on any atom is -0.367 e. The topological polar surface area (TPSA) is 66.9 Å². The highest BCUT2D eigenvalue weighted by atomic mass is 16.1. The maximum atomic E-state index is 12.6. The first-order valence-corrected chi connectivity index (χ1v) is 9.35. The van der Waals surface area contributed by atoms with E-state index >= 15 is 0 Å². The van der Waals surface area contributed by atoms with Crippen molar-refractivity contribution in [3.8, 4) is 0 Å². The molecule has 26 heavy (non-hydrogen) atoms. The van der Waals surface area contributed by atoms with Crippen molar-refractivity contribution in [1.29, 1.82) is 0 Å². The number of aromatic nitrogens is 2. The van der Waals surface area contributed by atoms with Crippen LogP contribution in [-0.2, 0) is 5.41 Å². The summed E-state index contributed by atoms with van der Waals surface area (Å²) in [5.41, 5.74) is 2.48. The summed E-state index contributed by atoms with van der Waals surface area (Å²) in [7, 11) is 0. The largest absolute Gasteiger partial charge is 0.367 e. The van der Waals surface area contributed by atoms with Crippen LogP contribution in [-0.4, -0.2) is 21.9 Å². The van der Waals surface area contributed by atoms with E-state index in [2.05, 4.69) is 41.4 Å². The molecule has 0 aliphatic heterocycles. The molecule has 1 amide bonds. The second-order valence-corrected chi connectivity index (χ2v) is 8.09. The molecule has 5 nitrogen and oxygen atoms in total. The van der Waals surface area contributed by atoms with E-state index in [9.17, 15) is 4.79 Å². The van der Waals surface area contributed by atoms with E-state index in [0.717, 1.165) is 24.3 Å². The van der Waals surface area contributed by atoms with E-state index in [1.807, 2.05) is 31.2 Å². The molecule has 138 valence electrons. The van der Waals surface area contributed by atoms with Crippen LogP contribution in [0.4, 0.5) is 11.5 Å². The van der Waals surface area contributed by atoms with Crippen molar-refractivity contribution < 1.29 is 4.79 Å². The van der Waals surface area contributed by atoms with E-state index in [-0.39, 0.29) is 11.3 Å². The van der Waals surface area contributed by atoms with Crippen molar-refractivity contribution in [1.82, 2.24) is 9.97 Å². The second kappa shape index (κ2) is 7.44. The van der Waals surface area contributed by atoms with Crippen molar-refractivity contribution in [3.05, 3.63) is 47.4 Å². The molecule has 0 radical (unpaired) electrons. The molecule has 2 aromatic rings. The molecular weight excluding hydrogens is 324 g/mol. The van der Waals surface area contributed by atoms with Gasteiger partial charge in [-0.2, -0.15) is 0 Å². The highest BCUT2D eigenvalue weighted by molar-refractivity contribution is 6.03. The fraction of sp³-hybridized carbons (Fsp3) is 0.476. The van der Waals surface area contributed by atoms with Gasteiger partial charge in [0.25, 0.3) is 5.91 Å². The maximum absolute atomic E-state index is 12.6. The average molecular weight is 352 g/mol. The molecule has 0 unspecified atom stereocenters. The van der Waals surface area contributed by atoms with E-state index in [1.54, 1.807) is 6.07 Å². The van der Waals surface area contributed by atoms with Crippen LogP contribution in [0.5, 0.6) is 0 Å². The molecule has 1 aliphatic rings. The Balaban J connectivity index is 1.71. The van der Waals surface area contributed by atoms with Crippen molar-refractivity contribution in [2.24, 2.45) is 0 Å². The average Bonchev–Trinajstić information content (AvgIpc) is 3.07. The minimum atomic E-state index is -0.214. The van der Waals surface area contributed by atoms with Gasteiger partial charge in [-0.1, -0.05) is 45.7 Å². The molecule has 0 saturated heterocycles. The van der Waals surface area contributed by atoms with Gasteiger partial charge in [0.05, 0.1) is 0 Å². The molecule has 0 atom stereocenters. The highest BCUT2D eigenvalue weighted by Gasteiger charge is 2.17. The quantitative estimate of drug-likeness (QED) is 0.838. The summed E-state index contributed by atoms with van der Waals surface area (Å²) in [5.74, 6) is 1.12. The van der Waals surface area contributed by atoms with Gasteiger partial charge in [0.2, 0.25) is 0 Å². The zero-order valence-electron chi connectivity index (χ0n) is 16.1. The minimum absolute atomic E-state index is 0.0904. The summed E-state index contributed by atoms with van der Waals surface area (Å²) in [6, 6.07) is 10.2. The van der Waals surface area contributed by atoms with Gasteiger partial charge >= 0.3 is 0 Å². The predicted octanol–water partition coefficient (Wildman–Crippen LogP) is 4.69. The number of amides is 1. The molecule has 1 aromatic carbocycles. The van der Waals surface area contributed by atoms with Gasteiger partial charge in [-0.25, -0.2) is 9.97 Å². The summed E-state index contributed by atoms with van der Waals surface area (Å²) >= 11 is 0. The van der Waals surface area contributed by atoms with E-state index in [4.69, 9.17) is 0 Å². The number of anilines is 2. The molecule has 1 heterocycles. The Bertz CT molecular complexity index is 772. The monoisotopic (exact) mass is 352 g/mol. The third kappa shape index (κ3) is 4.59. The second-order valence-electron chi connectivity index (χ2n) is 8.09. The molecular formula is C21H28N4O.